The van der Waals surface area contributed by atoms with Gasteiger partial charge in [-0.15, -0.1) is 0 Å². The predicted molar refractivity (Wildman–Crippen MR) is 103 cm³/mol. The maximum absolute atomic E-state index is 13.2. The molecule has 0 saturated heterocycles. The van der Waals surface area contributed by atoms with E-state index in [1.807, 2.05) is 75.4 Å². The Morgan fingerprint density at radius 1 is 1.00 bits per heavy atom. The van der Waals surface area contributed by atoms with E-state index in [0.717, 1.165) is 11.1 Å². The third-order valence-electron chi connectivity index (χ3n) is 4.19. The topological polar surface area (TPSA) is 60.9 Å². The molecule has 5 heteroatoms. The lowest BCUT2D eigenvalue weighted by Crippen LogP contribution is -2.47. The molecule has 0 spiro atoms. The Bertz CT molecular complexity index is 727. The van der Waals surface area contributed by atoms with Gasteiger partial charge in [0.2, 0.25) is 0 Å². The minimum Gasteiger partial charge on any atom is -0.481 e. The molecular formula is C21H26N2O3. The number of carboxylic acids is 1. The molecule has 0 fully saturated rings. The van der Waals surface area contributed by atoms with Crippen molar-refractivity contribution < 1.29 is 14.7 Å². The van der Waals surface area contributed by atoms with Gasteiger partial charge in [0.05, 0.1) is 6.42 Å². The molecule has 26 heavy (non-hydrogen) atoms. The molecule has 0 bridgehead atoms. The summed E-state index contributed by atoms with van der Waals surface area (Å²) < 4.78 is 0. The molecule has 0 saturated carbocycles. The van der Waals surface area contributed by atoms with Crippen LogP contribution in [0, 0.1) is 6.92 Å². The number of aliphatic carboxylic acids is 1. The lowest BCUT2D eigenvalue weighted by atomic mass is 10.2. The second-order valence-corrected chi connectivity index (χ2v) is 6.62. The number of aryl methyl sites for hydroxylation is 1. The fourth-order valence-electron chi connectivity index (χ4n) is 2.67. The molecule has 0 atom stereocenters. The Kier molecular flexibility index (Phi) is 6.78. The second kappa shape index (κ2) is 9.04. The SMILES string of the molecule is Cc1ccc(N(CCC(=O)O)C(=O)N(Cc2ccccc2)C(C)C)cc1. The Morgan fingerprint density at radius 3 is 2.15 bits per heavy atom. The summed E-state index contributed by atoms with van der Waals surface area (Å²) in [4.78, 5) is 27.6. The minimum absolute atomic E-state index is 0.0134. The van der Waals surface area contributed by atoms with Gasteiger partial charge in [0.25, 0.3) is 0 Å². The molecule has 1 N–H and O–H groups in total. The maximum atomic E-state index is 13.2. The van der Waals surface area contributed by atoms with Gasteiger partial charge in [-0.3, -0.25) is 9.69 Å². The zero-order chi connectivity index (χ0) is 19.1. The van der Waals surface area contributed by atoms with Crippen molar-refractivity contribution >= 4 is 17.7 Å². The number of carboxylic acid groups (broad SMARTS) is 1. The van der Waals surface area contributed by atoms with Crippen LogP contribution in [0.4, 0.5) is 10.5 Å². The van der Waals surface area contributed by atoms with Crippen LogP contribution in [0.15, 0.2) is 54.6 Å². The van der Waals surface area contributed by atoms with Gasteiger partial charge >= 0.3 is 12.0 Å². The first kappa shape index (κ1) is 19.5. The first-order chi connectivity index (χ1) is 12.4. The van der Waals surface area contributed by atoms with Crippen molar-refractivity contribution in [3.8, 4) is 0 Å². The van der Waals surface area contributed by atoms with E-state index in [2.05, 4.69) is 0 Å². The Morgan fingerprint density at radius 2 is 1.62 bits per heavy atom. The van der Waals surface area contributed by atoms with Gasteiger partial charge in [0.15, 0.2) is 0 Å². The summed E-state index contributed by atoms with van der Waals surface area (Å²) >= 11 is 0. The first-order valence-electron chi connectivity index (χ1n) is 8.79. The highest BCUT2D eigenvalue weighted by Gasteiger charge is 2.25. The molecule has 0 aromatic heterocycles. The van der Waals surface area contributed by atoms with Crippen molar-refractivity contribution in [2.45, 2.75) is 39.8 Å². The average molecular weight is 354 g/mol. The highest BCUT2D eigenvalue weighted by atomic mass is 16.4. The molecule has 138 valence electrons. The van der Waals surface area contributed by atoms with E-state index in [1.165, 1.54) is 0 Å². The fourth-order valence-corrected chi connectivity index (χ4v) is 2.67. The third kappa shape index (κ3) is 5.34. The van der Waals surface area contributed by atoms with Crippen molar-refractivity contribution in [3.05, 3.63) is 65.7 Å². The van der Waals surface area contributed by atoms with Gasteiger partial charge in [-0.25, -0.2) is 4.79 Å². The number of urea groups is 1. The van der Waals surface area contributed by atoms with Crippen LogP contribution in [0.1, 0.15) is 31.4 Å². The van der Waals surface area contributed by atoms with Crippen LogP contribution in [0.2, 0.25) is 0 Å². The van der Waals surface area contributed by atoms with Crippen LogP contribution < -0.4 is 4.90 Å². The lowest BCUT2D eigenvalue weighted by Gasteiger charge is -2.33. The number of carbonyl (C=O) groups excluding carboxylic acids is 1. The maximum Gasteiger partial charge on any atom is 0.325 e. The van der Waals surface area contributed by atoms with Gasteiger partial charge in [-0.1, -0.05) is 48.0 Å². The summed E-state index contributed by atoms with van der Waals surface area (Å²) in [5.41, 5.74) is 2.83. The predicted octanol–water partition coefficient (Wildman–Crippen LogP) is 4.31. The van der Waals surface area contributed by atoms with Crippen molar-refractivity contribution in [1.29, 1.82) is 0 Å². The summed E-state index contributed by atoms with van der Waals surface area (Å²) in [7, 11) is 0. The quantitative estimate of drug-likeness (QED) is 0.806. The first-order valence-corrected chi connectivity index (χ1v) is 8.79. The van der Waals surface area contributed by atoms with Crippen molar-refractivity contribution in [2.24, 2.45) is 0 Å². The number of carbonyl (C=O) groups is 2. The summed E-state index contributed by atoms with van der Waals surface area (Å²) in [6, 6.07) is 17.2. The van der Waals surface area contributed by atoms with E-state index < -0.39 is 5.97 Å². The van der Waals surface area contributed by atoms with Gasteiger partial charge in [0.1, 0.15) is 0 Å². The third-order valence-corrected chi connectivity index (χ3v) is 4.19. The van der Waals surface area contributed by atoms with E-state index in [9.17, 15) is 9.59 Å². The van der Waals surface area contributed by atoms with Crippen LogP contribution in [-0.2, 0) is 11.3 Å². The average Bonchev–Trinajstić information content (AvgIpc) is 2.61. The molecule has 5 nitrogen and oxygen atoms in total. The standard InChI is InChI=1S/C21H26N2O3/c1-16(2)23(15-18-7-5-4-6-8-18)21(26)22(14-13-20(24)25)19-11-9-17(3)10-12-19/h4-12,16H,13-15H2,1-3H3,(H,24,25). The molecule has 2 aromatic rings. The molecular weight excluding hydrogens is 328 g/mol. The second-order valence-electron chi connectivity index (χ2n) is 6.62. The van der Waals surface area contributed by atoms with Crippen LogP contribution >= 0.6 is 0 Å². The minimum atomic E-state index is -0.922. The van der Waals surface area contributed by atoms with Gasteiger partial charge in [-0.05, 0) is 38.5 Å². The highest BCUT2D eigenvalue weighted by molar-refractivity contribution is 5.92. The molecule has 0 aliphatic carbocycles. The molecule has 2 rings (SSSR count). The lowest BCUT2D eigenvalue weighted by molar-refractivity contribution is -0.136. The summed E-state index contributed by atoms with van der Waals surface area (Å²) in [5, 5.41) is 9.07. The molecule has 0 radical (unpaired) electrons. The van der Waals surface area contributed by atoms with Crippen LogP contribution in [-0.4, -0.2) is 34.6 Å². The van der Waals surface area contributed by atoms with E-state index in [0.29, 0.717) is 12.2 Å². The number of nitrogens with zero attached hydrogens (tertiary/aromatic N) is 2. The Hall–Kier alpha value is -2.82. The monoisotopic (exact) mass is 354 g/mol. The van der Waals surface area contributed by atoms with E-state index in [1.54, 1.807) is 9.80 Å². The van der Waals surface area contributed by atoms with Gasteiger partial charge in [0, 0.05) is 24.8 Å². The van der Waals surface area contributed by atoms with E-state index >= 15 is 0 Å². The Balaban J connectivity index is 2.28. The highest BCUT2D eigenvalue weighted by Crippen LogP contribution is 2.20. The zero-order valence-electron chi connectivity index (χ0n) is 15.6. The molecule has 0 aliphatic heterocycles. The van der Waals surface area contributed by atoms with E-state index in [-0.39, 0.29) is 25.0 Å². The smallest absolute Gasteiger partial charge is 0.325 e. The molecule has 2 aromatic carbocycles. The fraction of sp³-hybridized carbons (Fsp3) is 0.333. The number of hydrogen-bond acceptors (Lipinski definition) is 2. The van der Waals surface area contributed by atoms with Crippen molar-refractivity contribution in [2.75, 3.05) is 11.4 Å². The number of hydrogen-bond donors (Lipinski definition) is 1. The van der Waals surface area contributed by atoms with Gasteiger partial charge in [-0.2, -0.15) is 0 Å². The van der Waals surface area contributed by atoms with Crippen molar-refractivity contribution in [3.63, 3.8) is 0 Å². The van der Waals surface area contributed by atoms with Crippen LogP contribution in [0.3, 0.4) is 0 Å². The van der Waals surface area contributed by atoms with Crippen LogP contribution in [0.25, 0.3) is 0 Å². The molecule has 0 heterocycles. The molecule has 0 unspecified atom stereocenters. The normalized spacial score (nSPS) is 10.6. The summed E-state index contributed by atoms with van der Waals surface area (Å²) in [5.74, 6) is -0.922. The van der Waals surface area contributed by atoms with Crippen LogP contribution in [0.5, 0.6) is 0 Å². The van der Waals surface area contributed by atoms with Crippen molar-refractivity contribution in [1.82, 2.24) is 4.90 Å². The van der Waals surface area contributed by atoms with E-state index in [4.69, 9.17) is 5.11 Å². The largest absolute Gasteiger partial charge is 0.481 e. The van der Waals surface area contributed by atoms with Gasteiger partial charge < -0.3 is 10.0 Å². The number of benzene rings is 2. The molecule has 2 amide bonds. The zero-order valence-corrected chi connectivity index (χ0v) is 15.6. The Labute approximate surface area is 154 Å². The number of anilines is 1. The molecule has 0 aliphatic rings. The number of amides is 2. The summed E-state index contributed by atoms with van der Waals surface area (Å²) in [6.45, 7) is 6.52. The number of rotatable bonds is 7. The summed E-state index contributed by atoms with van der Waals surface area (Å²) in [6.07, 6.45) is -0.100.